The minimum Gasteiger partial charge on any atom is -0.481 e. The maximum atomic E-state index is 13.5. The lowest BCUT2D eigenvalue weighted by Gasteiger charge is -2.45. The molecule has 1 N–H and O–H groups in total. The highest BCUT2D eigenvalue weighted by atomic mass is 19.4. The minimum absolute atomic E-state index is 3.30. The Kier molecular flexibility index (Phi) is 8.24. The first kappa shape index (κ1) is 34.9. The van der Waals surface area contributed by atoms with Crippen LogP contribution in [0.4, 0.5) is 96.6 Å². The van der Waals surface area contributed by atoms with Crippen molar-refractivity contribution in [1.29, 1.82) is 0 Å². The Balaban J connectivity index is 7.13. The molecule has 0 spiro atoms. The van der Waals surface area contributed by atoms with Gasteiger partial charge in [-0.25, -0.2) is 8.78 Å². The van der Waals surface area contributed by atoms with Crippen LogP contribution in [0.5, 0.6) is 0 Å². The first-order valence-corrected chi connectivity index (χ1v) is 7.89. The van der Waals surface area contributed by atoms with Crippen molar-refractivity contribution in [2.24, 2.45) is 0 Å². The molecule has 24 heteroatoms. The maximum Gasteiger partial charge on any atom is 0.385 e. The van der Waals surface area contributed by atoms with Crippen molar-refractivity contribution in [2.45, 2.75) is 72.1 Å². The lowest BCUT2D eigenvalue weighted by Crippen LogP contribution is -2.77. The van der Waals surface area contributed by atoms with E-state index in [-0.39, 0.29) is 0 Å². The van der Waals surface area contributed by atoms with E-state index in [1.54, 1.807) is 0 Å². The van der Waals surface area contributed by atoms with Crippen molar-refractivity contribution in [1.82, 2.24) is 0 Å². The van der Waals surface area contributed by atoms with Crippen LogP contribution in [0.1, 0.15) is 6.42 Å². The molecular weight excluding hydrogens is 606 g/mol. The molecule has 0 unspecified atom stereocenters. The van der Waals surface area contributed by atoms with E-state index in [4.69, 9.17) is 5.11 Å². The molecular formula is C13H4F22O2. The van der Waals surface area contributed by atoms with E-state index in [9.17, 15) is 101 Å². The molecule has 2 nitrogen and oxygen atoms in total. The first-order chi connectivity index (χ1) is 15.6. The predicted octanol–water partition coefficient (Wildman–Crippen LogP) is 7.08. The summed E-state index contributed by atoms with van der Waals surface area (Å²) in [7, 11) is 0. The van der Waals surface area contributed by atoms with Gasteiger partial charge in [0, 0.05) is 0 Å². The van der Waals surface area contributed by atoms with Crippen molar-refractivity contribution in [3.8, 4) is 0 Å². The van der Waals surface area contributed by atoms with Gasteiger partial charge in [-0.05, 0) is 0 Å². The standard InChI is InChI=1S/C13H4F22O2/c14-3(15)5(18,19)7(22,23)9(26,27)11(30,31)13(34,35)12(32,33)10(28,29)8(24,25)6(20,21)4(16,17)1-2(36)37/h3H,1H2,(H,36,37). The van der Waals surface area contributed by atoms with Gasteiger partial charge < -0.3 is 5.11 Å². The van der Waals surface area contributed by atoms with Gasteiger partial charge >= 0.3 is 71.6 Å². The van der Waals surface area contributed by atoms with E-state index in [1.807, 2.05) is 0 Å². The molecule has 0 aliphatic rings. The molecule has 0 aromatic heterocycles. The summed E-state index contributed by atoms with van der Waals surface area (Å²) in [6.07, 6.45) is -9.89. The first-order valence-electron chi connectivity index (χ1n) is 7.89. The molecule has 0 atom stereocenters. The fourth-order valence-electron chi connectivity index (χ4n) is 2.06. The van der Waals surface area contributed by atoms with Gasteiger partial charge in [0.1, 0.15) is 6.42 Å². The summed E-state index contributed by atoms with van der Waals surface area (Å²) in [5.41, 5.74) is 0. The van der Waals surface area contributed by atoms with Gasteiger partial charge in [-0.3, -0.25) is 4.79 Å². The molecule has 0 aliphatic heterocycles. The minimum atomic E-state index is -9.34. The Bertz CT molecular complexity index is 857. The average molecular weight is 610 g/mol. The summed E-state index contributed by atoms with van der Waals surface area (Å²) in [5.74, 6) is -90.1. The van der Waals surface area contributed by atoms with Crippen LogP contribution in [0, 0.1) is 0 Å². The van der Waals surface area contributed by atoms with Crippen LogP contribution >= 0.6 is 0 Å². The summed E-state index contributed by atoms with van der Waals surface area (Å²) in [6, 6.07) is 0. The van der Waals surface area contributed by atoms with Gasteiger partial charge in [-0.1, -0.05) is 0 Å². The van der Waals surface area contributed by atoms with Gasteiger partial charge in [-0.15, -0.1) is 0 Å². The van der Waals surface area contributed by atoms with Crippen LogP contribution in [0.2, 0.25) is 0 Å². The van der Waals surface area contributed by atoms with Crippen LogP contribution < -0.4 is 0 Å². The Hall–Kier alpha value is -2.07. The number of hydrogen-bond acceptors (Lipinski definition) is 1. The second-order valence-electron chi connectivity index (χ2n) is 6.79. The molecule has 0 fully saturated rings. The number of alkyl halides is 22. The molecule has 0 heterocycles. The molecule has 0 bridgehead atoms. The molecule has 0 radical (unpaired) electrons. The van der Waals surface area contributed by atoms with E-state index in [0.717, 1.165) is 0 Å². The molecule has 37 heavy (non-hydrogen) atoms. The molecule has 0 aromatic rings. The Morgan fingerprint density at radius 1 is 0.459 bits per heavy atom. The molecule has 0 aromatic carbocycles. The second-order valence-corrected chi connectivity index (χ2v) is 6.79. The van der Waals surface area contributed by atoms with E-state index in [0.29, 0.717) is 0 Å². The Labute approximate surface area is 186 Å². The van der Waals surface area contributed by atoms with E-state index in [1.165, 1.54) is 0 Å². The van der Waals surface area contributed by atoms with Gasteiger partial charge in [-0.2, -0.15) is 87.8 Å². The number of carbonyl (C=O) groups is 1. The largest absolute Gasteiger partial charge is 0.481 e. The molecule has 222 valence electrons. The van der Waals surface area contributed by atoms with Gasteiger partial charge in [0.15, 0.2) is 0 Å². The second kappa shape index (κ2) is 8.73. The van der Waals surface area contributed by atoms with Crippen molar-refractivity contribution in [3.05, 3.63) is 0 Å². The third-order valence-electron chi connectivity index (χ3n) is 4.29. The number of carboxylic acids is 1. The van der Waals surface area contributed by atoms with E-state index < -0.39 is 78.0 Å². The van der Waals surface area contributed by atoms with E-state index in [2.05, 4.69) is 0 Å². The van der Waals surface area contributed by atoms with Crippen molar-refractivity contribution in [2.75, 3.05) is 0 Å². The highest BCUT2D eigenvalue weighted by Crippen LogP contribution is 2.66. The van der Waals surface area contributed by atoms with Crippen LogP contribution in [-0.4, -0.2) is 76.7 Å². The number of hydrogen-bond donors (Lipinski definition) is 1. The predicted molar refractivity (Wildman–Crippen MR) is 67.7 cm³/mol. The smallest absolute Gasteiger partial charge is 0.385 e. The van der Waals surface area contributed by atoms with E-state index >= 15 is 0 Å². The van der Waals surface area contributed by atoms with Gasteiger partial charge in [0.25, 0.3) is 0 Å². The monoisotopic (exact) mass is 610 g/mol. The van der Waals surface area contributed by atoms with Crippen LogP contribution in [0.25, 0.3) is 0 Å². The summed E-state index contributed by atoms with van der Waals surface area (Å²) in [6.45, 7) is 0. The third-order valence-corrected chi connectivity index (χ3v) is 4.29. The fourth-order valence-corrected chi connectivity index (χ4v) is 2.06. The number of aliphatic carboxylic acids is 1. The SMILES string of the molecule is O=C(O)CC(F)(F)C(F)(F)C(F)(F)C(F)(F)C(F)(F)C(F)(F)C(F)(F)C(F)(F)C(F)(F)C(F)(F)C(F)F. The lowest BCUT2D eigenvalue weighted by molar-refractivity contribution is -0.471. The maximum absolute atomic E-state index is 13.5. The molecule has 0 saturated heterocycles. The van der Waals surface area contributed by atoms with Gasteiger partial charge in [0.2, 0.25) is 0 Å². The van der Waals surface area contributed by atoms with Crippen LogP contribution in [0.15, 0.2) is 0 Å². The highest BCUT2D eigenvalue weighted by molar-refractivity contribution is 5.68. The zero-order chi connectivity index (χ0) is 30.9. The van der Waals surface area contributed by atoms with Crippen LogP contribution in [-0.2, 0) is 4.79 Å². The normalized spacial score (nSPS) is 16.4. The van der Waals surface area contributed by atoms with Crippen molar-refractivity contribution in [3.63, 3.8) is 0 Å². The van der Waals surface area contributed by atoms with Crippen molar-refractivity contribution < 1.29 is 106 Å². The van der Waals surface area contributed by atoms with Crippen molar-refractivity contribution >= 4 is 5.97 Å². The average Bonchev–Trinajstić information content (AvgIpc) is 2.65. The zero-order valence-electron chi connectivity index (χ0n) is 16.0. The summed E-state index contributed by atoms with van der Waals surface area (Å²) in [4.78, 5) is 9.98. The molecule has 0 aliphatic carbocycles. The number of carboxylic acid groups (broad SMARTS) is 1. The topological polar surface area (TPSA) is 37.3 Å². The summed E-state index contributed by atoms with van der Waals surface area (Å²) < 4.78 is 288. The quantitative estimate of drug-likeness (QED) is 0.240. The fraction of sp³-hybridized carbons (Fsp3) is 0.923. The number of halogens is 22. The highest BCUT2D eigenvalue weighted by Gasteiger charge is 2.98. The van der Waals surface area contributed by atoms with Crippen LogP contribution in [0.3, 0.4) is 0 Å². The molecule has 0 amide bonds. The number of rotatable bonds is 12. The van der Waals surface area contributed by atoms with Gasteiger partial charge in [0.05, 0.1) is 0 Å². The third kappa shape index (κ3) is 4.28. The summed E-state index contributed by atoms with van der Waals surface area (Å²) in [5, 5.41) is 7.87. The lowest BCUT2D eigenvalue weighted by atomic mass is 9.85. The summed E-state index contributed by atoms with van der Waals surface area (Å²) >= 11 is 0. The Morgan fingerprint density at radius 2 is 0.676 bits per heavy atom. The molecule has 0 saturated carbocycles. The zero-order valence-corrected chi connectivity index (χ0v) is 16.0. The Morgan fingerprint density at radius 3 is 0.892 bits per heavy atom. The molecule has 0 rings (SSSR count).